The molecule has 3 N–H and O–H groups in total. The number of benzene rings is 1. The fourth-order valence-corrected chi connectivity index (χ4v) is 1.22. The van der Waals surface area contributed by atoms with Gasteiger partial charge in [-0.25, -0.2) is 0 Å². The number of nitrogens with zero attached hydrogens (tertiary/aromatic N) is 1. The van der Waals surface area contributed by atoms with Crippen LogP contribution in [0.5, 0.6) is 0 Å². The zero-order valence-electron chi connectivity index (χ0n) is 10.7. The minimum Gasteiger partial charge on any atom is -0.369 e. The first-order chi connectivity index (χ1) is 8.74. The molecule has 7 heteroatoms. The SMILES string of the molecule is CC(C)(CNC(=O)c1ccc([N+](=O)[O-])cc1)C(N)=O. The zero-order valence-corrected chi connectivity index (χ0v) is 10.7. The van der Waals surface area contributed by atoms with Gasteiger partial charge in [-0.15, -0.1) is 0 Å². The quantitative estimate of drug-likeness (QED) is 0.606. The Hall–Kier alpha value is -2.44. The Morgan fingerprint density at radius 1 is 1.32 bits per heavy atom. The molecule has 0 saturated heterocycles. The minimum absolute atomic E-state index is 0.0889. The van der Waals surface area contributed by atoms with Crippen LogP contribution < -0.4 is 11.1 Å². The van der Waals surface area contributed by atoms with E-state index in [0.717, 1.165) is 0 Å². The molecule has 0 unspecified atom stereocenters. The van der Waals surface area contributed by atoms with Crippen LogP contribution in [-0.2, 0) is 4.79 Å². The lowest BCUT2D eigenvalue weighted by Gasteiger charge is -2.20. The highest BCUT2D eigenvalue weighted by molar-refractivity contribution is 5.94. The van der Waals surface area contributed by atoms with E-state index in [1.807, 2.05) is 0 Å². The van der Waals surface area contributed by atoms with Crippen LogP contribution in [0.1, 0.15) is 24.2 Å². The summed E-state index contributed by atoms with van der Waals surface area (Å²) in [6.45, 7) is 3.33. The third kappa shape index (κ3) is 3.77. The van der Waals surface area contributed by atoms with Gasteiger partial charge in [0.15, 0.2) is 0 Å². The average Bonchev–Trinajstić information content (AvgIpc) is 2.36. The van der Waals surface area contributed by atoms with Crippen LogP contribution in [0.3, 0.4) is 0 Å². The van der Waals surface area contributed by atoms with Gasteiger partial charge in [0.2, 0.25) is 5.91 Å². The molecule has 102 valence electrons. The molecule has 0 heterocycles. The number of amides is 2. The lowest BCUT2D eigenvalue weighted by molar-refractivity contribution is -0.384. The largest absolute Gasteiger partial charge is 0.369 e. The molecule has 0 aliphatic rings. The number of non-ortho nitro benzene ring substituents is 1. The Bertz CT molecular complexity index is 508. The average molecular weight is 265 g/mol. The lowest BCUT2D eigenvalue weighted by Crippen LogP contribution is -2.42. The first kappa shape index (κ1) is 14.6. The highest BCUT2D eigenvalue weighted by atomic mass is 16.6. The van der Waals surface area contributed by atoms with E-state index < -0.39 is 22.2 Å². The lowest BCUT2D eigenvalue weighted by atomic mass is 9.92. The van der Waals surface area contributed by atoms with E-state index in [9.17, 15) is 19.7 Å². The van der Waals surface area contributed by atoms with Gasteiger partial charge in [0, 0.05) is 24.2 Å². The van der Waals surface area contributed by atoms with E-state index in [0.29, 0.717) is 0 Å². The number of carbonyl (C=O) groups is 2. The summed E-state index contributed by atoms with van der Waals surface area (Å²) in [5.41, 5.74) is 4.53. The molecule has 1 aromatic rings. The zero-order chi connectivity index (χ0) is 14.6. The Morgan fingerprint density at radius 3 is 2.26 bits per heavy atom. The first-order valence-corrected chi connectivity index (χ1v) is 5.56. The van der Waals surface area contributed by atoms with Crippen LogP contribution >= 0.6 is 0 Å². The molecule has 0 fully saturated rings. The molecule has 2 amide bonds. The number of nitro groups is 1. The monoisotopic (exact) mass is 265 g/mol. The number of nitrogens with two attached hydrogens (primary N) is 1. The van der Waals surface area contributed by atoms with Crippen molar-refractivity contribution in [1.82, 2.24) is 5.32 Å². The van der Waals surface area contributed by atoms with Gasteiger partial charge in [0.05, 0.1) is 10.3 Å². The van der Waals surface area contributed by atoms with Crippen LogP contribution in [0, 0.1) is 15.5 Å². The van der Waals surface area contributed by atoms with Gasteiger partial charge in [0.1, 0.15) is 0 Å². The molecule has 0 saturated carbocycles. The molecule has 0 atom stereocenters. The second kappa shape index (κ2) is 5.47. The van der Waals surface area contributed by atoms with E-state index in [1.54, 1.807) is 13.8 Å². The molecule has 0 aliphatic heterocycles. The predicted molar refractivity (Wildman–Crippen MR) is 68.4 cm³/mol. The first-order valence-electron chi connectivity index (χ1n) is 5.56. The van der Waals surface area contributed by atoms with Crippen molar-refractivity contribution in [2.24, 2.45) is 11.1 Å². The molecule has 0 aliphatic carbocycles. The van der Waals surface area contributed by atoms with E-state index in [-0.39, 0.29) is 17.8 Å². The number of primary amides is 1. The van der Waals surface area contributed by atoms with E-state index >= 15 is 0 Å². The van der Waals surface area contributed by atoms with Gasteiger partial charge in [-0.05, 0) is 26.0 Å². The molecule has 1 aromatic carbocycles. The number of hydrogen-bond donors (Lipinski definition) is 2. The van der Waals surface area contributed by atoms with Crippen molar-refractivity contribution in [2.75, 3.05) is 6.54 Å². The van der Waals surface area contributed by atoms with Crippen molar-refractivity contribution in [1.29, 1.82) is 0 Å². The summed E-state index contributed by atoms with van der Waals surface area (Å²) in [6.07, 6.45) is 0. The van der Waals surface area contributed by atoms with E-state index in [2.05, 4.69) is 5.32 Å². The van der Waals surface area contributed by atoms with Crippen LogP contribution in [0.25, 0.3) is 0 Å². The second-order valence-electron chi connectivity index (χ2n) is 4.73. The molecular formula is C12H15N3O4. The van der Waals surface area contributed by atoms with Crippen molar-refractivity contribution in [3.8, 4) is 0 Å². The topological polar surface area (TPSA) is 115 Å². The third-order valence-electron chi connectivity index (χ3n) is 2.70. The molecule has 0 bridgehead atoms. The van der Waals surface area contributed by atoms with E-state index in [1.165, 1.54) is 24.3 Å². The molecule has 0 spiro atoms. The van der Waals surface area contributed by atoms with Gasteiger partial charge in [0.25, 0.3) is 11.6 Å². The molecule has 1 rings (SSSR count). The number of nitro benzene ring substituents is 1. The Labute approximate surface area is 109 Å². The minimum atomic E-state index is -0.851. The Morgan fingerprint density at radius 2 is 1.84 bits per heavy atom. The van der Waals surface area contributed by atoms with Gasteiger partial charge in [-0.1, -0.05) is 0 Å². The standard InChI is InChI=1S/C12H15N3O4/c1-12(2,11(13)17)7-14-10(16)8-3-5-9(6-4-8)15(18)19/h3-6H,7H2,1-2H3,(H2,13,17)(H,14,16). The van der Waals surface area contributed by atoms with Crippen molar-refractivity contribution in [3.05, 3.63) is 39.9 Å². The fourth-order valence-electron chi connectivity index (χ4n) is 1.22. The summed E-state index contributed by atoms with van der Waals surface area (Å²) >= 11 is 0. The smallest absolute Gasteiger partial charge is 0.269 e. The summed E-state index contributed by atoms with van der Waals surface area (Å²) in [5, 5.41) is 13.0. The second-order valence-corrected chi connectivity index (χ2v) is 4.73. The number of nitrogens with one attached hydrogen (secondary N) is 1. The molecule has 0 aromatic heterocycles. The summed E-state index contributed by atoms with van der Waals surface area (Å²) in [5.74, 6) is -0.930. The highest BCUT2D eigenvalue weighted by Gasteiger charge is 2.25. The van der Waals surface area contributed by atoms with Gasteiger partial charge >= 0.3 is 0 Å². The fraction of sp³-hybridized carbons (Fsp3) is 0.333. The van der Waals surface area contributed by atoms with Gasteiger partial charge in [-0.3, -0.25) is 19.7 Å². The molecular weight excluding hydrogens is 250 g/mol. The molecule has 7 nitrogen and oxygen atoms in total. The summed E-state index contributed by atoms with van der Waals surface area (Å²) in [6, 6.07) is 5.19. The Kier molecular flexibility index (Phi) is 4.21. The molecule has 19 heavy (non-hydrogen) atoms. The maximum Gasteiger partial charge on any atom is 0.269 e. The molecule has 0 radical (unpaired) electrons. The summed E-state index contributed by atoms with van der Waals surface area (Å²) in [4.78, 5) is 32.8. The summed E-state index contributed by atoms with van der Waals surface area (Å²) < 4.78 is 0. The van der Waals surface area contributed by atoms with Crippen LogP contribution in [0.4, 0.5) is 5.69 Å². The van der Waals surface area contributed by atoms with Crippen molar-refractivity contribution < 1.29 is 14.5 Å². The normalized spacial score (nSPS) is 10.8. The van der Waals surface area contributed by atoms with Crippen molar-refractivity contribution in [2.45, 2.75) is 13.8 Å². The Balaban J connectivity index is 2.69. The number of rotatable bonds is 5. The van der Waals surface area contributed by atoms with Gasteiger partial charge in [-0.2, -0.15) is 0 Å². The maximum absolute atomic E-state index is 11.8. The summed E-state index contributed by atoms with van der Waals surface area (Å²) in [7, 11) is 0. The number of hydrogen-bond acceptors (Lipinski definition) is 4. The van der Waals surface area contributed by atoms with Crippen molar-refractivity contribution in [3.63, 3.8) is 0 Å². The van der Waals surface area contributed by atoms with Gasteiger partial charge < -0.3 is 11.1 Å². The third-order valence-corrected chi connectivity index (χ3v) is 2.70. The van der Waals surface area contributed by atoms with Crippen molar-refractivity contribution >= 4 is 17.5 Å². The predicted octanol–water partition coefficient (Wildman–Crippen LogP) is 0.836. The van der Waals surface area contributed by atoms with Crippen LogP contribution in [-0.4, -0.2) is 23.3 Å². The van der Waals surface area contributed by atoms with Crippen LogP contribution in [0.15, 0.2) is 24.3 Å². The van der Waals surface area contributed by atoms with E-state index in [4.69, 9.17) is 5.73 Å². The van der Waals surface area contributed by atoms with Crippen LogP contribution in [0.2, 0.25) is 0 Å². The highest BCUT2D eigenvalue weighted by Crippen LogP contribution is 2.14. The number of carbonyl (C=O) groups excluding carboxylic acids is 2. The maximum atomic E-state index is 11.8.